The number of carbonyl (C=O) groups is 1. The standard InChI is InChI=1S/C22H34ClN6O7P/c1-4-33-18-16-17(26-21(24)27-18)29(12-25-16)20-22(3,23)9-15(36-20)11-35-37(31,32)28-13(2)10-34-19(30)14-7-5-6-8-14/h12-15,20H,4-11H2,1-3H3,(H2,24,26,27)(H2,28,31,32)/t13-,15-,20+,22+/m0/s1. The molecule has 2 aliphatic rings. The molecule has 1 saturated heterocycles. The number of nitrogens with zero attached hydrogens (tertiary/aromatic N) is 4. The Labute approximate surface area is 220 Å². The number of nitrogens with one attached hydrogen (secondary N) is 1. The zero-order valence-corrected chi connectivity index (χ0v) is 22.8. The zero-order valence-electron chi connectivity index (χ0n) is 21.1. The second-order valence-corrected chi connectivity index (χ2v) is 12.1. The minimum absolute atomic E-state index is 0.0159. The number of esters is 1. The van der Waals surface area contributed by atoms with Crippen LogP contribution < -0.4 is 15.6 Å². The average Bonchev–Trinajstić information content (AvgIpc) is 3.55. The van der Waals surface area contributed by atoms with E-state index < -0.39 is 31.0 Å². The molecular weight excluding hydrogens is 527 g/mol. The van der Waals surface area contributed by atoms with Crippen molar-refractivity contribution in [3.63, 3.8) is 0 Å². The molecule has 2 aromatic rings. The lowest BCUT2D eigenvalue weighted by molar-refractivity contribution is -0.148. The highest BCUT2D eigenvalue weighted by Gasteiger charge is 2.46. The fourth-order valence-electron chi connectivity index (χ4n) is 4.71. The molecule has 15 heteroatoms. The van der Waals surface area contributed by atoms with Gasteiger partial charge in [0.05, 0.1) is 36.4 Å². The van der Waals surface area contributed by atoms with E-state index in [1.165, 1.54) is 6.33 Å². The first-order chi connectivity index (χ1) is 17.5. The molecule has 0 spiro atoms. The van der Waals surface area contributed by atoms with Gasteiger partial charge in [0.15, 0.2) is 17.4 Å². The van der Waals surface area contributed by atoms with Crippen LogP contribution in [-0.4, -0.2) is 67.2 Å². The Bertz CT molecular complexity index is 1160. The highest BCUT2D eigenvalue weighted by molar-refractivity contribution is 7.50. The van der Waals surface area contributed by atoms with Crippen LogP contribution in [0.2, 0.25) is 0 Å². The van der Waals surface area contributed by atoms with Gasteiger partial charge in [-0.2, -0.15) is 9.97 Å². The lowest BCUT2D eigenvalue weighted by Gasteiger charge is -2.24. The fourth-order valence-corrected chi connectivity index (χ4v) is 6.11. The van der Waals surface area contributed by atoms with Gasteiger partial charge in [0.1, 0.15) is 6.61 Å². The van der Waals surface area contributed by atoms with Gasteiger partial charge in [-0.1, -0.05) is 12.8 Å². The van der Waals surface area contributed by atoms with Gasteiger partial charge < -0.3 is 24.8 Å². The maximum absolute atomic E-state index is 12.6. The molecule has 5 atom stereocenters. The molecule has 0 amide bonds. The number of hydrogen-bond donors (Lipinski definition) is 3. The largest absolute Gasteiger partial charge is 0.476 e. The normalized spacial score (nSPS) is 26.8. The monoisotopic (exact) mass is 560 g/mol. The maximum atomic E-state index is 12.6. The van der Waals surface area contributed by atoms with Crippen molar-refractivity contribution in [2.75, 3.05) is 25.6 Å². The molecule has 4 rings (SSSR count). The van der Waals surface area contributed by atoms with Crippen molar-refractivity contribution >= 4 is 42.4 Å². The lowest BCUT2D eigenvalue weighted by atomic mass is 10.1. The van der Waals surface area contributed by atoms with Crippen LogP contribution in [-0.2, 0) is 23.4 Å². The fraction of sp³-hybridized carbons (Fsp3) is 0.727. The number of nitrogens with two attached hydrogens (primary N) is 1. The third-order valence-corrected chi connectivity index (χ3v) is 7.99. The van der Waals surface area contributed by atoms with Crippen LogP contribution in [0.15, 0.2) is 6.33 Å². The number of rotatable bonds is 11. The zero-order chi connectivity index (χ0) is 26.8. The minimum Gasteiger partial charge on any atom is -0.476 e. The van der Waals surface area contributed by atoms with Gasteiger partial charge in [0.2, 0.25) is 11.8 Å². The summed E-state index contributed by atoms with van der Waals surface area (Å²) in [6.07, 6.45) is 4.23. The van der Waals surface area contributed by atoms with Gasteiger partial charge in [0, 0.05) is 6.04 Å². The van der Waals surface area contributed by atoms with E-state index in [1.807, 2.05) is 6.92 Å². The van der Waals surface area contributed by atoms with E-state index in [9.17, 15) is 14.3 Å². The third kappa shape index (κ3) is 6.71. The van der Waals surface area contributed by atoms with Crippen LogP contribution in [0.5, 0.6) is 5.88 Å². The molecule has 1 saturated carbocycles. The van der Waals surface area contributed by atoms with Gasteiger partial charge in [-0.3, -0.25) is 13.9 Å². The summed E-state index contributed by atoms with van der Waals surface area (Å²) in [6.45, 7) is 5.40. The number of anilines is 1. The van der Waals surface area contributed by atoms with E-state index in [4.69, 9.17) is 36.1 Å². The summed E-state index contributed by atoms with van der Waals surface area (Å²) in [6, 6.07) is -0.585. The topological polar surface area (TPSA) is 173 Å². The summed E-state index contributed by atoms with van der Waals surface area (Å²) in [5.74, 6) is -0.0718. The Morgan fingerprint density at radius 2 is 2.16 bits per heavy atom. The van der Waals surface area contributed by atoms with Crippen molar-refractivity contribution in [3.05, 3.63) is 6.33 Å². The summed E-state index contributed by atoms with van der Waals surface area (Å²) in [4.78, 5) is 34.2. The predicted octanol–water partition coefficient (Wildman–Crippen LogP) is 2.92. The quantitative estimate of drug-likeness (QED) is 0.208. The molecule has 13 nitrogen and oxygen atoms in total. The first kappa shape index (κ1) is 28.0. The number of carbonyl (C=O) groups excluding carboxylic acids is 1. The Hall–Kier alpha value is -2.02. The van der Waals surface area contributed by atoms with E-state index >= 15 is 0 Å². The molecule has 0 bridgehead atoms. The first-order valence-corrected chi connectivity index (χ1v) is 14.3. The molecule has 206 valence electrons. The van der Waals surface area contributed by atoms with Crippen molar-refractivity contribution < 1.29 is 33.0 Å². The number of aromatic nitrogens is 4. The second kappa shape index (κ2) is 11.4. The molecule has 0 radical (unpaired) electrons. The first-order valence-electron chi connectivity index (χ1n) is 12.4. The van der Waals surface area contributed by atoms with Crippen LogP contribution in [0, 0.1) is 5.92 Å². The predicted molar refractivity (Wildman–Crippen MR) is 135 cm³/mol. The number of fused-ring (bicyclic) bond motifs is 1. The molecule has 2 aromatic heterocycles. The van der Waals surface area contributed by atoms with Crippen molar-refractivity contribution in [3.8, 4) is 5.88 Å². The van der Waals surface area contributed by atoms with E-state index in [0.29, 0.717) is 24.2 Å². The Morgan fingerprint density at radius 3 is 2.86 bits per heavy atom. The van der Waals surface area contributed by atoms with Gasteiger partial charge in [-0.25, -0.2) is 14.6 Å². The number of nitrogen functional groups attached to an aromatic ring is 1. The second-order valence-electron chi connectivity index (χ2n) is 9.69. The molecule has 1 aliphatic heterocycles. The Morgan fingerprint density at radius 1 is 1.43 bits per heavy atom. The molecule has 1 unspecified atom stereocenters. The molecular formula is C22H34ClN6O7P. The highest BCUT2D eigenvalue weighted by Crippen LogP contribution is 2.46. The van der Waals surface area contributed by atoms with Crippen molar-refractivity contribution in [1.82, 2.24) is 24.6 Å². The lowest BCUT2D eigenvalue weighted by Crippen LogP contribution is -2.31. The van der Waals surface area contributed by atoms with Gasteiger partial charge >= 0.3 is 13.7 Å². The van der Waals surface area contributed by atoms with Crippen LogP contribution in [0.4, 0.5) is 5.95 Å². The molecule has 2 fully saturated rings. The molecule has 3 heterocycles. The van der Waals surface area contributed by atoms with Crippen LogP contribution in [0.1, 0.15) is 59.1 Å². The summed E-state index contributed by atoms with van der Waals surface area (Å²) < 4.78 is 36.4. The van der Waals surface area contributed by atoms with E-state index in [0.717, 1.165) is 25.7 Å². The van der Waals surface area contributed by atoms with Gasteiger partial charge in [-0.05, 0) is 40.0 Å². The summed E-state index contributed by atoms with van der Waals surface area (Å²) in [7, 11) is -4.21. The number of alkyl halides is 1. The molecule has 0 aromatic carbocycles. The molecule has 37 heavy (non-hydrogen) atoms. The highest BCUT2D eigenvalue weighted by atomic mass is 35.5. The maximum Gasteiger partial charge on any atom is 0.403 e. The van der Waals surface area contributed by atoms with Crippen LogP contribution in [0.25, 0.3) is 11.2 Å². The Kier molecular flexibility index (Phi) is 8.61. The SMILES string of the molecule is CCOc1nc(N)nc2c1ncn2[C@@H]1O[C@H](COP(=O)(O)N[C@@H](C)COC(=O)C2CCCC2)C[C@@]1(C)Cl. The van der Waals surface area contributed by atoms with Gasteiger partial charge in [-0.15, -0.1) is 11.6 Å². The average molecular weight is 561 g/mol. The van der Waals surface area contributed by atoms with Crippen LogP contribution in [0.3, 0.4) is 0 Å². The summed E-state index contributed by atoms with van der Waals surface area (Å²) in [5, 5.41) is 2.50. The van der Waals surface area contributed by atoms with Crippen LogP contribution >= 0.6 is 19.3 Å². The smallest absolute Gasteiger partial charge is 0.403 e. The number of hydrogen-bond acceptors (Lipinski definition) is 10. The summed E-state index contributed by atoms with van der Waals surface area (Å²) >= 11 is 6.79. The molecule has 1 aliphatic carbocycles. The van der Waals surface area contributed by atoms with E-state index in [2.05, 4.69) is 20.0 Å². The van der Waals surface area contributed by atoms with Crippen molar-refractivity contribution in [2.24, 2.45) is 5.92 Å². The number of halogens is 1. The van der Waals surface area contributed by atoms with Crippen molar-refractivity contribution in [2.45, 2.75) is 76.1 Å². The van der Waals surface area contributed by atoms with Gasteiger partial charge in [0.25, 0.3) is 0 Å². The summed E-state index contributed by atoms with van der Waals surface area (Å²) in [5.41, 5.74) is 6.66. The Balaban J connectivity index is 1.34. The molecule has 4 N–H and O–H groups in total. The number of ether oxygens (including phenoxy) is 3. The number of imidazole rings is 1. The van der Waals surface area contributed by atoms with E-state index in [1.54, 1.807) is 18.4 Å². The third-order valence-electron chi connectivity index (χ3n) is 6.39. The van der Waals surface area contributed by atoms with E-state index in [-0.39, 0.29) is 36.9 Å². The minimum atomic E-state index is -4.21. The van der Waals surface area contributed by atoms with Crippen molar-refractivity contribution in [1.29, 1.82) is 0 Å².